The first-order valence-electron chi connectivity index (χ1n) is 4.73. The van der Waals surface area contributed by atoms with Gasteiger partial charge in [-0.15, -0.1) is 10.2 Å². The number of rotatable bonds is 4. The summed E-state index contributed by atoms with van der Waals surface area (Å²) in [5, 5.41) is 19.0. The van der Waals surface area contributed by atoms with Crippen LogP contribution < -0.4 is 0 Å². The first-order valence-corrected chi connectivity index (χ1v) is 6.53. The summed E-state index contributed by atoms with van der Waals surface area (Å²) in [6.45, 7) is 3.62. The predicted molar refractivity (Wildman–Crippen MR) is 58.9 cm³/mol. The van der Waals surface area contributed by atoms with Gasteiger partial charge in [-0.2, -0.15) is 0 Å². The van der Waals surface area contributed by atoms with Crippen molar-refractivity contribution in [3.63, 3.8) is 0 Å². The quantitative estimate of drug-likeness (QED) is 0.806. The van der Waals surface area contributed by atoms with Crippen molar-refractivity contribution in [3.05, 3.63) is 5.01 Å². The van der Waals surface area contributed by atoms with Crippen LogP contribution in [0.1, 0.15) is 37.6 Å². The molecule has 2 rings (SSSR count). The molecule has 0 atom stereocenters. The maximum absolute atomic E-state index is 9.54. The Bertz CT molecular complexity index is 315. The number of aromatic nitrogens is 2. The molecule has 0 radical (unpaired) electrons. The molecule has 14 heavy (non-hydrogen) atoms. The van der Waals surface area contributed by atoms with Crippen molar-refractivity contribution in [1.82, 2.24) is 10.2 Å². The molecule has 1 fully saturated rings. The molecule has 0 bridgehead atoms. The van der Waals surface area contributed by atoms with E-state index in [1.807, 2.05) is 13.8 Å². The van der Waals surface area contributed by atoms with Crippen molar-refractivity contribution >= 4 is 23.1 Å². The van der Waals surface area contributed by atoms with Crippen LogP contribution in [0.15, 0.2) is 4.34 Å². The van der Waals surface area contributed by atoms with Crippen LogP contribution in [0.2, 0.25) is 0 Å². The van der Waals surface area contributed by atoms with Crippen molar-refractivity contribution in [1.29, 1.82) is 0 Å². The first-order chi connectivity index (χ1) is 6.54. The minimum Gasteiger partial charge on any atom is -0.390 e. The summed E-state index contributed by atoms with van der Waals surface area (Å²) < 4.78 is 0.981. The summed E-state index contributed by atoms with van der Waals surface area (Å²) in [6.07, 6.45) is 2.54. The molecule has 1 saturated carbocycles. The Kier molecular flexibility index (Phi) is 2.81. The Hall–Kier alpha value is -0.130. The standard InChI is InChI=1S/C9H14N2OS2/c1-9(2,12)5-13-8-11-10-7(14-8)6-3-4-6/h6,12H,3-5H2,1-2H3. The van der Waals surface area contributed by atoms with E-state index in [1.165, 1.54) is 17.8 Å². The van der Waals surface area contributed by atoms with Gasteiger partial charge in [0.1, 0.15) is 5.01 Å². The number of hydrogen-bond donors (Lipinski definition) is 1. The molecule has 1 aromatic heterocycles. The molecular weight excluding hydrogens is 216 g/mol. The first kappa shape index (κ1) is 10.4. The molecule has 1 heterocycles. The number of aliphatic hydroxyl groups is 1. The molecule has 0 aromatic carbocycles. The molecule has 0 aliphatic heterocycles. The van der Waals surface area contributed by atoms with E-state index in [-0.39, 0.29) is 0 Å². The maximum Gasteiger partial charge on any atom is 0.174 e. The lowest BCUT2D eigenvalue weighted by Gasteiger charge is -2.14. The summed E-state index contributed by atoms with van der Waals surface area (Å²) in [6, 6.07) is 0. The van der Waals surface area contributed by atoms with Crippen molar-refractivity contribution in [2.45, 2.75) is 42.5 Å². The Labute approximate surface area is 91.9 Å². The van der Waals surface area contributed by atoms with Crippen LogP contribution in [0.25, 0.3) is 0 Å². The average molecular weight is 230 g/mol. The van der Waals surface area contributed by atoms with Gasteiger partial charge in [0.15, 0.2) is 4.34 Å². The van der Waals surface area contributed by atoms with Gasteiger partial charge in [0.25, 0.3) is 0 Å². The van der Waals surface area contributed by atoms with Crippen LogP contribution in [0, 0.1) is 0 Å². The van der Waals surface area contributed by atoms with Crippen molar-refractivity contribution < 1.29 is 5.11 Å². The Morgan fingerprint density at radius 1 is 1.50 bits per heavy atom. The second-order valence-corrected chi connectivity index (χ2v) is 6.51. The zero-order valence-corrected chi connectivity index (χ0v) is 9.99. The molecule has 0 amide bonds. The molecule has 0 spiro atoms. The van der Waals surface area contributed by atoms with Gasteiger partial charge in [-0.05, 0) is 26.7 Å². The van der Waals surface area contributed by atoms with Gasteiger partial charge < -0.3 is 5.11 Å². The predicted octanol–water partition coefficient (Wildman–Crippen LogP) is 2.28. The van der Waals surface area contributed by atoms with Gasteiger partial charge in [0.05, 0.1) is 5.60 Å². The summed E-state index contributed by atoms with van der Waals surface area (Å²) in [5.74, 6) is 1.36. The third kappa shape index (κ3) is 2.93. The topological polar surface area (TPSA) is 46.0 Å². The van der Waals surface area contributed by atoms with E-state index in [2.05, 4.69) is 10.2 Å². The highest BCUT2D eigenvalue weighted by Crippen LogP contribution is 2.42. The fourth-order valence-corrected chi connectivity index (χ4v) is 3.00. The number of nitrogens with zero attached hydrogens (tertiary/aromatic N) is 2. The molecule has 3 nitrogen and oxygen atoms in total. The van der Waals surface area contributed by atoms with Crippen LogP contribution in [-0.4, -0.2) is 26.7 Å². The molecule has 1 aromatic rings. The normalized spacial score (nSPS) is 17.4. The molecule has 5 heteroatoms. The van der Waals surface area contributed by atoms with Gasteiger partial charge in [0, 0.05) is 11.7 Å². The van der Waals surface area contributed by atoms with Crippen molar-refractivity contribution in [3.8, 4) is 0 Å². The molecule has 78 valence electrons. The Morgan fingerprint density at radius 3 is 2.79 bits per heavy atom. The zero-order valence-electron chi connectivity index (χ0n) is 8.36. The monoisotopic (exact) mass is 230 g/mol. The van der Waals surface area contributed by atoms with Gasteiger partial charge in [-0.3, -0.25) is 0 Å². The third-order valence-electron chi connectivity index (χ3n) is 1.90. The second-order valence-electron chi connectivity index (χ2n) is 4.28. The van der Waals surface area contributed by atoms with Gasteiger partial charge in [-0.1, -0.05) is 23.1 Å². The maximum atomic E-state index is 9.54. The number of thioether (sulfide) groups is 1. The van der Waals surface area contributed by atoms with Gasteiger partial charge in [0.2, 0.25) is 0 Å². The van der Waals surface area contributed by atoms with E-state index in [1.54, 1.807) is 23.1 Å². The van der Waals surface area contributed by atoms with Crippen LogP contribution >= 0.6 is 23.1 Å². The highest BCUT2D eigenvalue weighted by atomic mass is 32.2. The van der Waals surface area contributed by atoms with Crippen LogP contribution in [-0.2, 0) is 0 Å². The lowest BCUT2D eigenvalue weighted by Crippen LogP contribution is -2.21. The molecule has 1 aliphatic rings. The van der Waals surface area contributed by atoms with Crippen molar-refractivity contribution in [2.24, 2.45) is 0 Å². The van der Waals surface area contributed by atoms with Crippen molar-refractivity contribution in [2.75, 3.05) is 5.75 Å². The van der Waals surface area contributed by atoms with Crippen LogP contribution in [0.5, 0.6) is 0 Å². The summed E-state index contributed by atoms with van der Waals surface area (Å²) >= 11 is 3.26. The number of hydrogen-bond acceptors (Lipinski definition) is 5. The summed E-state index contributed by atoms with van der Waals surface area (Å²) in [4.78, 5) is 0. The highest BCUT2D eigenvalue weighted by molar-refractivity contribution is 8.01. The second kappa shape index (κ2) is 3.79. The lowest BCUT2D eigenvalue weighted by molar-refractivity contribution is 0.107. The van der Waals surface area contributed by atoms with E-state index in [0.717, 1.165) is 4.34 Å². The largest absolute Gasteiger partial charge is 0.390 e. The SMILES string of the molecule is CC(C)(O)CSc1nnc(C2CC2)s1. The van der Waals surface area contributed by atoms with E-state index in [0.29, 0.717) is 11.7 Å². The van der Waals surface area contributed by atoms with Crippen LogP contribution in [0.4, 0.5) is 0 Å². The third-order valence-corrected chi connectivity index (χ3v) is 4.56. The van der Waals surface area contributed by atoms with Crippen LogP contribution in [0.3, 0.4) is 0 Å². The van der Waals surface area contributed by atoms with E-state index in [4.69, 9.17) is 0 Å². The molecule has 0 saturated heterocycles. The van der Waals surface area contributed by atoms with Gasteiger partial charge in [-0.25, -0.2) is 0 Å². The molecule has 1 aliphatic carbocycles. The highest BCUT2D eigenvalue weighted by Gasteiger charge is 2.27. The zero-order chi connectivity index (χ0) is 10.2. The molecule has 1 N–H and O–H groups in total. The Balaban J connectivity index is 1.90. The summed E-state index contributed by atoms with van der Waals surface area (Å²) in [5.41, 5.74) is -0.629. The minimum atomic E-state index is -0.629. The Morgan fingerprint density at radius 2 is 2.21 bits per heavy atom. The molecule has 0 unspecified atom stereocenters. The van der Waals surface area contributed by atoms with E-state index in [9.17, 15) is 5.11 Å². The minimum absolute atomic E-state index is 0.629. The van der Waals surface area contributed by atoms with E-state index >= 15 is 0 Å². The molecular formula is C9H14N2OS2. The van der Waals surface area contributed by atoms with E-state index < -0.39 is 5.60 Å². The lowest BCUT2D eigenvalue weighted by atomic mass is 10.2. The fraction of sp³-hybridized carbons (Fsp3) is 0.778. The average Bonchev–Trinajstić information content (AvgIpc) is 2.81. The summed E-state index contributed by atoms with van der Waals surface area (Å²) in [7, 11) is 0. The smallest absolute Gasteiger partial charge is 0.174 e. The van der Waals surface area contributed by atoms with Gasteiger partial charge >= 0.3 is 0 Å². The fourth-order valence-electron chi connectivity index (χ4n) is 1.01.